The van der Waals surface area contributed by atoms with Gasteiger partial charge >= 0.3 is 0 Å². The summed E-state index contributed by atoms with van der Waals surface area (Å²) in [6.07, 6.45) is 1.31. The van der Waals surface area contributed by atoms with Crippen LogP contribution in [-0.4, -0.2) is 42.4 Å². The Morgan fingerprint density at radius 2 is 1.94 bits per heavy atom. The minimum absolute atomic E-state index is 0.150. The van der Waals surface area contributed by atoms with Crippen molar-refractivity contribution in [1.82, 2.24) is 24.7 Å². The molecular weight excluding hydrogens is 432 g/mol. The Hall–Kier alpha value is -4.66. The van der Waals surface area contributed by atoms with Gasteiger partial charge in [0.1, 0.15) is 11.4 Å². The lowest BCUT2D eigenvalue weighted by atomic mass is 10.2. The minimum atomic E-state index is -0.380. The first-order valence-electron chi connectivity index (χ1n) is 10.8. The normalized spacial score (nSPS) is 11.0. The summed E-state index contributed by atoms with van der Waals surface area (Å²) in [6, 6.07) is 20.2. The molecule has 0 radical (unpaired) electrons. The third-order valence-electron chi connectivity index (χ3n) is 5.23. The van der Waals surface area contributed by atoms with E-state index in [2.05, 4.69) is 20.4 Å². The molecule has 1 amide bonds. The zero-order valence-corrected chi connectivity index (χ0v) is 18.4. The molecule has 0 atom stereocenters. The maximum atomic E-state index is 12.7. The molecule has 9 heteroatoms. The first kappa shape index (κ1) is 21.2. The van der Waals surface area contributed by atoms with Gasteiger partial charge in [0.05, 0.1) is 29.7 Å². The molecule has 5 aromatic rings. The van der Waals surface area contributed by atoms with Crippen molar-refractivity contribution in [2.24, 2.45) is 0 Å². The molecule has 0 fully saturated rings. The lowest BCUT2D eigenvalue weighted by Gasteiger charge is -2.08. The van der Waals surface area contributed by atoms with Crippen LogP contribution in [0.4, 0.5) is 5.82 Å². The summed E-state index contributed by atoms with van der Waals surface area (Å²) in [6.45, 7) is 3.02. The molecule has 9 nitrogen and oxygen atoms in total. The first-order chi connectivity index (χ1) is 16.6. The van der Waals surface area contributed by atoms with Crippen molar-refractivity contribution in [3.05, 3.63) is 84.1 Å². The van der Waals surface area contributed by atoms with Crippen LogP contribution in [0.15, 0.2) is 72.9 Å². The third kappa shape index (κ3) is 4.44. The number of aromatic nitrogens is 5. The second-order valence-electron chi connectivity index (χ2n) is 7.61. The molecule has 3 aromatic heterocycles. The number of amides is 1. The highest BCUT2D eigenvalue weighted by Crippen LogP contribution is 2.25. The van der Waals surface area contributed by atoms with E-state index in [4.69, 9.17) is 9.72 Å². The molecule has 0 aliphatic rings. The Balaban J connectivity index is 1.48. The number of fused-ring (bicyclic) bond motifs is 1. The number of pyridine rings is 1. The fraction of sp³-hybridized carbons (Fsp3) is 0.120. The minimum Gasteiger partial charge on any atom is -0.494 e. The van der Waals surface area contributed by atoms with Crippen molar-refractivity contribution < 1.29 is 14.6 Å². The highest BCUT2D eigenvalue weighted by molar-refractivity contribution is 6.03. The molecule has 34 heavy (non-hydrogen) atoms. The van der Waals surface area contributed by atoms with Crippen molar-refractivity contribution in [2.75, 3.05) is 11.9 Å². The van der Waals surface area contributed by atoms with Crippen LogP contribution < -0.4 is 10.1 Å². The number of para-hydroxylation sites is 2. The maximum absolute atomic E-state index is 12.7. The van der Waals surface area contributed by atoms with E-state index in [-0.39, 0.29) is 11.8 Å². The molecular formula is C25H22N6O3. The number of imidazole rings is 1. The topological polar surface area (TPSA) is 118 Å². The van der Waals surface area contributed by atoms with Gasteiger partial charge in [-0.25, -0.2) is 9.97 Å². The molecule has 0 aliphatic heterocycles. The molecule has 2 aromatic carbocycles. The van der Waals surface area contributed by atoms with Gasteiger partial charge in [0, 0.05) is 18.3 Å². The Morgan fingerprint density at radius 3 is 2.68 bits per heavy atom. The second kappa shape index (κ2) is 9.07. The van der Waals surface area contributed by atoms with Gasteiger partial charge in [0.15, 0.2) is 11.6 Å². The van der Waals surface area contributed by atoms with Gasteiger partial charge in [-0.1, -0.05) is 24.3 Å². The first-order valence-corrected chi connectivity index (χ1v) is 10.8. The number of rotatable bonds is 7. The van der Waals surface area contributed by atoms with Crippen LogP contribution in [0.25, 0.3) is 22.6 Å². The van der Waals surface area contributed by atoms with Gasteiger partial charge in [-0.3, -0.25) is 9.48 Å². The lowest BCUT2D eigenvalue weighted by Crippen LogP contribution is -2.13. The Labute approximate surface area is 195 Å². The number of nitrogens with one attached hydrogen (secondary N) is 2. The van der Waals surface area contributed by atoms with Crippen LogP contribution in [0.3, 0.4) is 0 Å². The predicted molar refractivity (Wildman–Crippen MR) is 128 cm³/mol. The summed E-state index contributed by atoms with van der Waals surface area (Å²) < 4.78 is 7.32. The van der Waals surface area contributed by atoms with Gasteiger partial charge in [0.25, 0.3) is 5.91 Å². The van der Waals surface area contributed by atoms with E-state index in [0.29, 0.717) is 30.4 Å². The predicted octanol–water partition coefficient (Wildman–Crippen LogP) is 4.23. The number of hydrogen-bond acceptors (Lipinski definition) is 6. The van der Waals surface area contributed by atoms with Gasteiger partial charge in [-0.2, -0.15) is 5.10 Å². The largest absolute Gasteiger partial charge is 0.494 e. The maximum Gasteiger partial charge on any atom is 0.258 e. The van der Waals surface area contributed by atoms with E-state index in [1.807, 2.05) is 55.5 Å². The summed E-state index contributed by atoms with van der Waals surface area (Å²) >= 11 is 0. The van der Waals surface area contributed by atoms with Crippen molar-refractivity contribution in [3.8, 4) is 23.1 Å². The van der Waals surface area contributed by atoms with Crippen LogP contribution in [0.2, 0.25) is 0 Å². The highest BCUT2D eigenvalue weighted by Gasteiger charge is 2.17. The number of aromatic hydroxyl groups is 1. The van der Waals surface area contributed by atoms with Crippen LogP contribution in [-0.2, 0) is 6.54 Å². The fourth-order valence-electron chi connectivity index (χ4n) is 3.60. The Morgan fingerprint density at radius 1 is 1.12 bits per heavy atom. The average molecular weight is 454 g/mol. The standard InChI is InChI=1S/C25H22N6O3/c1-2-34-18-10-7-16(8-11-18)15-31-21(24-27-19-5-3-4-6-20(19)28-24)13-22(30-31)29-25(33)17-9-12-23(32)26-14-17/h3-14H,2,15H2,1H3,(H,26,32)(H,27,28)(H,29,30,33). The van der Waals surface area contributed by atoms with Crippen LogP contribution in [0, 0.1) is 0 Å². The zero-order chi connectivity index (χ0) is 23.5. The van der Waals surface area contributed by atoms with E-state index in [0.717, 1.165) is 28.0 Å². The quantitative estimate of drug-likeness (QED) is 0.339. The monoisotopic (exact) mass is 454 g/mol. The Bertz CT molecular complexity index is 1410. The van der Waals surface area contributed by atoms with Crippen LogP contribution in [0.5, 0.6) is 11.6 Å². The zero-order valence-electron chi connectivity index (χ0n) is 18.4. The molecule has 0 saturated carbocycles. The van der Waals surface area contributed by atoms with Crippen molar-refractivity contribution in [3.63, 3.8) is 0 Å². The Kier molecular flexibility index (Phi) is 5.65. The summed E-state index contributed by atoms with van der Waals surface area (Å²) in [5.74, 6) is 1.29. The van der Waals surface area contributed by atoms with Crippen LogP contribution >= 0.6 is 0 Å². The highest BCUT2D eigenvalue weighted by atomic mass is 16.5. The summed E-state index contributed by atoms with van der Waals surface area (Å²) in [5, 5.41) is 16.8. The fourth-order valence-corrected chi connectivity index (χ4v) is 3.60. The van der Waals surface area contributed by atoms with Gasteiger partial charge in [-0.05, 0) is 42.8 Å². The number of ether oxygens (including phenoxy) is 1. The number of nitrogens with zero attached hydrogens (tertiary/aromatic N) is 4. The molecule has 170 valence electrons. The number of hydrogen-bond donors (Lipinski definition) is 3. The summed E-state index contributed by atoms with van der Waals surface area (Å²) in [4.78, 5) is 24.4. The SMILES string of the molecule is CCOc1ccc(Cn2nc(NC(=O)c3ccc(O)nc3)cc2-c2nc3ccccc3[nH]2)cc1. The number of carbonyl (C=O) groups is 1. The van der Waals surface area contributed by atoms with Gasteiger partial charge < -0.3 is 20.1 Å². The average Bonchev–Trinajstić information content (AvgIpc) is 3.44. The van der Waals surface area contributed by atoms with Gasteiger partial charge in [-0.15, -0.1) is 0 Å². The van der Waals surface area contributed by atoms with Crippen molar-refractivity contribution in [2.45, 2.75) is 13.5 Å². The smallest absolute Gasteiger partial charge is 0.258 e. The molecule has 0 spiro atoms. The summed E-state index contributed by atoms with van der Waals surface area (Å²) in [7, 11) is 0. The number of carbonyl (C=O) groups excluding carboxylic acids is 1. The van der Waals surface area contributed by atoms with E-state index in [1.165, 1.54) is 18.3 Å². The van der Waals surface area contributed by atoms with Gasteiger partial charge in [0.2, 0.25) is 5.88 Å². The molecule has 0 unspecified atom stereocenters. The molecule has 3 N–H and O–H groups in total. The second-order valence-corrected chi connectivity index (χ2v) is 7.61. The molecule has 0 aliphatic carbocycles. The van der Waals surface area contributed by atoms with E-state index >= 15 is 0 Å². The number of anilines is 1. The molecule has 0 bridgehead atoms. The van der Waals surface area contributed by atoms with E-state index in [9.17, 15) is 9.90 Å². The molecule has 0 saturated heterocycles. The molecule has 5 rings (SSSR count). The summed E-state index contributed by atoms with van der Waals surface area (Å²) in [5.41, 5.74) is 3.80. The van der Waals surface area contributed by atoms with Crippen LogP contribution in [0.1, 0.15) is 22.8 Å². The number of aromatic amines is 1. The molecule has 3 heterocycles. The van der Waals surface area contributed by atoms with Crippen molar-refractivity contribution in [1.29, 1.82) is 0 Å². The third-order valence-corrected chi connectivity index (χ3v) is 5.23. The lowest BCUT2D eigenvalue weighted by molar-refractivity contribution is 0.102. The van der Waals surface area contributed by atoms with Crippen molar-refractivity contribution >= 4 is 22.8 Å². The number of benzene rings is 2. The van der Waals surface area contributed by atoms with E-state index in [1.54, 1.807) is 10.7 Å². The number of H-pyrrole nitrogens is 1. The van der Waals surface area contributed by atoms with E-state index < -0.39 is 0 Å².